The van der Waals surface area contributed by atoms with E-state index in [2.05, 4.69) is 5.32 Å². The highest BCUT2D eigenvalue weighted by Crippen LogP contribution is 2.12. The third kappa shape index (κ3) is 5.16. The average molecular weight is 258 g/mol. The molecule has 0 bridgehead atoms. The summed E-state index contributed by atoms with van der Waals surface area (Å²) >= 11 is 0. The number of nitrogens with one attached hydrogen (secondary N) is 1. The van der Waals surface area contributed by atoms with Crippen molar-refractivity contribution in [3.8, 4) is 0 Å². The van der Waals surface area contributed by atoms with Crippen LogP contribution in [0.3, 0.4) is 0 Å². The Bertz CT molecular complexity index is 440. The maximum absolute atomic E-state index is 11.0. The predicted molar refractivity (Wildman–Crippen MR) is 67.4 cm³/mol. The Morgan fingerprint density at radius 2 is 1.88 bits per heavy atom. The van der Waals surface area contributed by atoms with E-state index < -0.39 is 10.0 Å². The van der Waals surface area contributed by atoms with Gasteiger partial charge in [0.25, 0.3) is 0 Å². The van der Waals surface area contributed by atoms with Crippen molar-refractivity contribution in [3.63, 3.8) is 0 Å². The third-order valence-corrected chi connectivity index (χ3v) is 2.99. The van der Waals surface area contributed by atoms with Crippen LogP contribution in [0, 0.1) is 0 Å². The van der Waals surface area contributed by atoms with Crippen molar-refractivity contribution in [1.82, 2.24) is 0 Å². The van der Waals surface area contributed by atoms with Crippen molar-refractivity contribution in [2.24, 2.45) is 5.14 Å². The Balaban J connectivity index is 2.46. The van der Waals surface area contributed by atoms with Crippen LogP contribution in [0.15, 0.2) is 29.2 Å². The molecule has 1 rings (SSSR count). The maximum atomic E-state index is 11.0. The average Bonchev–Trinajstić information content (AvgIpc) is 2.23. The van der Waals surface area contributed by atoms with Crippen LogP contribution in [-0.2, 0) is 14.8 Å². The minimum atomic E-state index is -3.61. The third-order valence-electron chi connectivity index (χ3n) is 2.07. The number of primary sulfonamides is 1. The second-order valence-electron chi connectivity index (χ2n) is 3.92. The zero-order valence-corrected chi connectivity index (χ0v) is 10.8. The molecule has 3 N–H and O–H groups in total. The molecular formula is C11H18N2O3S. The Labute approximate surface area is 102 Å². The second kappa shape index (κ2) is 6.00. The molecule has 0 saturated carbocycles. The summed E-state index contributed by atoms with van der Waals surface area (Å²) in [5, 5.41) is 8.11. The van der Waals surface area contributed by atoms with Gasteiger partial charge in [-0.25, -0.2) is 13.6 Å². The lowest BCUT2D eigenvalue weighted by Gasteiger charge is -2.09. The van der Waals surface area contributed by atoms with Crippen molar-refractivity contribution < 1.29 is 13.2 Å². The summed E-state index contributed by atoms with van der Waals surface area (Å²) in [5.74, 6) is 0. The fourth-order valence-electron chi connectivity index (χ4n) is 1.25. The number of hydrogen-bond donors (Lipinski definition) is 2. The first-order chi connectivity index (χ1) is 7.89. The number of anilines is 1. The molecule has 0 aliphatic rings. The molecule has 0 radical (unpaired) electrons. The SMILES string of the molecule is CC(C)OCCNc1ccc(S(N)(=O)=O)cc1. The summed E-state index contributed by atoms with van der Waals surface area (Å²) in [4.78, 5) is 0.112. The quantitative estimate of drug-likeness (QED) is 0.750. The van der Waals surface area contributed by atoms with E-state index in [0.29, 0.717) is 13.2 Å². The first-order valence-electron chi connectivity index (χ1n) is 5.38. The van der Waals surface area contributed by atoms with Crippen molar-refractivity contribution in [2.45, 2.75) is 24.8 Å². The van der Waals surface area contributed by atoms with Crippen molar-refractivity contribution >= 4 is 15.7 Å². The molecule has 0 aliphatic carbocycles. The summed E-state index contributed by atoms with van der Waals surface area (Å²) in [6.45, 7) is 5.23. The van der Waals surface area contributed by atoms with Gasteiger partial charge in [0.2, 0.25) is 10.0 Å². The van der Waals surface area contributed by atoms with Gasteiger partial charge >= 0.3 is 0 Å². The molecule has 0 aliphatic heterocycles. The molecular weight excluding hydrogens is 240 g/mol. The summed E-state index contributed by atoms with van der Waals surface area (Å²) in [6, 6.07) is 6.30. The van der Waals surface area contributed by atoms with E-state index in [1.165, 1.54) is 12.1 Å². The summed E-state index contributed by atoms with van der Waals surface area (Å²) in [6.07, 6.45) is 0.210. The van der Waals surface area contributed by atoms with Crippen LogP contribution in [0.4, 0.5) is 5.69 Å². The lowest BCUT2D eigenvalue weighted by atomic mass is 10.3. The van der Waals surface area contributed by atoms with Crippen LogP contribution in [-0.4, -0.2) is 27.7 Å². The van der Waals surface area contributed by atoms with Gasteiger partial charge in [0.15, 0.2) is 0 Å². The first-order valence-corrected chi connectivity index (χ1v) is 6.92. The lowest BCUT2D eigenvalue weighted by Crippen LogP contribution is -2.14. The topological polar surface area (TPSA) is 81.4 Å². The number of nitrogens with two attached hydrogens (primary N) is 1. The number of hydrogen-bond acceptors (Lipinski definition) is 4. The van der Waals surface area contributed by atoms with E-state index in [9.17, 15) is 8.42 Å². The highest BCUT2D eigenvalue weighted by Gasteiger charge is 2.06. The number of ether oxygens (including phenoxy) is 1. The molecule has 0 aromatic heterocycles. The van der Waals surface area contributed by atoms with Gasteiger partial charge in [-0.05, 0) is 38.1 Å². The monoisotopic (exact) mass is 258 g/mol. The Morgan fingerprint density at radius 3 is 2.35 bits per heavy atom. The van der Waals surface area contributed by atoms with Crippen LogP contribution < -0.4 is 10.5 Å². The molecule has 0 spiro atoms. The summed E-state index contributed by atoms with van der Waals surface area (Å²) in [5.41, 5.74) is 0.838. The highest BCUT2D eigenvalue weighted by atomic mass is 32.2. The van der Waals surface area contributed by atoms with Gasteiger partial charge in [-0.1, -0.05) is 0 Å². The first kappa shape index (κ1) is 14.0. The van der Waals surface area contributed by atoms with Crippen LogP contribution in [0.25, 0.3) is 0 Å². The zero-order valence-electron chi connectivity index (χ0n) is 10.0. The van der Waals surface area contributed by atoms with Gasteiger partial charge in [-0.2, -0.15) is 0 Å². The predicted octanol–water partition coefficient (Wildman–Crippen LogP) is 1.17. The normalized spacial score (nSPS) is 11.8. The molecule has 0 amide bonds. The van der Waals surface area contributed by atoms with Crippen LogP contribution in [0.1, 0.15) is 13.8 Å². The number of sulfonamides is 1. The molecule has 0 unspecified atom stereocenters. The molecule has 0 saturated heterocycles. The van der Waals surface area contributed by atoms with Gasteiger partial charge in [0, 0.05) is 12.2 Å². The molecule has 0 fully saturated rings. The van der Waals surface area contributed by atoms with Gasteiger partial charge < -0.3 is 10.1 Å². The van der Waals surface area contributed by atoms with Crippen molar-refractivity contribution in [2.75, 3.05) is 18.5 Å². The largest absolute Gasteiger partial charge is 0.383 e. The summed E-state index contributed by atoms with van der Waals surface area (Å²) in [7, 11) is -3.61. The van der Waals surface area contributed by atoms with E-state index in [-0.39, 0.29) is 11.0 Å². The second-order valence-corrected chi connectivity index (χ2v) is 5.48. The minimum Gasteiger partial charge on any atom is -0.383 e. The van der Waals surface area contributed by atoms with E-state index >= 15 is 0 Å². The van der Waals surface area contributed by atoms with E-state index in [0.717, 1.165) is 5.69 Å². The molecule has 1 aromatic rings. The Morgan fingerprint density at radius 1 is 1.29 bits per heavy atom. The fraction of sp³-hybridized carbons (Fsp3) is 0.455. The van der Waals surface area contributed by atoms with Crippen molar-refractivity contribution in [1.29, 1.82) is 0 Å². The standard InChI is InChI=1S/C11H18N2O3S/c1-9(2)16-8-7-13-10-3-5-11(6-4-10)17(12,14)15/h3-6,9,13H,7-8H2,1-2H3,(H2,12,14,15). The van der Waals surface area contributed by atoms with Gasteiger partial charge in [-0.15, -0.1) is 0 Å². The van der Waals surface area contributed by atoms with Gasteiger partial charge in [0.1, 0.15) is 0 Å². The molecule has 0 heterocycles. The molecule has 0 atom stereocenters. The molecule has 17 heavy (non-hydrogen) atoms. The summed E-state index contributed by atoms with van der Waals surface area (Å²) < 4.78 is 27.4. The minimum absolute atomic E-state index is 0.112. The van der Waals surface area contributed by atoms with Crippen LogP contribution in [0.2, 0.25) is 0 Å². The van der Waals surface area contributed by atoms with Crippen LogP contribution >= 0.6 is 0 Å². The Kier molecular flexibility index (Phi) is 4.92. The zero-order chi connectivity index (χ0) is 12.9. The molecule has 5 nitrogen and oxygen atoms in total. The maximum Gasteiger partial charge on any atom is 0.238 e. The molecule has 1 aromatic carbocycles. The van der Waals surface area contributed by atoms with E-state index in [4.69, 9.17) is 9.88 Å². The van der Waals surface area contributed by atoms with Gasteiger partial charge in [-0.3, -0.25) is 0 Å². The fourth-order valence-corrected chi connectivity index (χ4v) is 1.77. The lowest BCUT2D eigenvalue weighted by molar-refractivity contribution is 0.0870. The molecule has 96 valence electrons. The number of benzene rings is 1. The Hall–Kier alpha value is -1.11. The van der Waals surface area contributed by atoms with Crippen LogP contribution in [0.5, 0.6) is 0 Å². The number of rotatable bonds is 6. The van der Waals surface area contributed by atoms with E-state index in [1.54, 1.807) is 12.1 Å². The van der Waals surface area contributed by atoms with Crippen molar-refractivity contribution in [3.05, 3.63) is 24.3 Å². The van der Waals surface area contributed by atoms with E-state index in [1.807, 2.05) is 13.8 Å². The highest BCUT2D eigenvalue weighted by molar-refractivity contribution is 7.89. The van der Waals surface area contributed by atoms with Gasteiger partial charge in [0.05, 0.1) is 17.6 Å². The smallest absolute Gasteiger partial charge is 0.238 e. The molecule has 6 heteroatoms.